The number of halogens is 3. The van der Waals surface area contributed by atoms with E-state index in [2.05, 4.69) is 11.9 Å². The molecule has 0 heterocycles. The van der Waals surface area contributed by atoms with Gasteiger partial charge in [0, 0.05) is 16.7 Å². The highest BCUT2D eigenvalue weighted by Gasteiger charge is 2.08. The fourth-order valence-electron chi connectivity index (χ4n) is 0.963. The quantitative estimate of drug-likeness (QED) is 0.851. The van der Waals surface area contributed by atoms with Crippen LogP contribution in [-0.2, 0) is 0 Å². The molecule has 0 aliphatic heterocycles. The number of carbonyl (C=O) groups excluding carboxylic acids is 1. The van der Waals surface area contributed by atoms with Crippen LogP contribution in [0.5, 0.6) is 0 Å². The van der Waals surface area contributed by atoms with Gasteiger partial charge in [-0.25, -0.2) is 8.78 Å². The van der Waals surface area contributed by atoms with E-state index >= 15 is 0 Å². The molecule has 0 unspecified atom stereocenters. The van der Waals surface area contributed by atoms with E-state index in [0.29, 0.717) is 6.07 Å². The molecule has 80 valence electrons. The van der Waals surface area contributed by atoms with Crippen LogP contribution in [0.4, 0.5) is 8.78 Å². The molecule has 1 aromatic rings. The van der Waals surface area contributed by atoms with Crippen molar-refractivity contribution in [2.45, 2.75) is 0 Å². The Morgan fingerprint density at radius 2 is 1.87 bits per heavy atom. The molecule has 1 rings (SSSR count). The van der Waals surface area contributed by atoms with E-state index in [-0.39, 0.29) is 17.1 Å². The number of nitrogens with one attached hydrogen (secondary N) is 1. The minimum Gasteiger partial charge on any atom is -0.347 e. The molecule has 0 saturated heterocycles. The van der Waals surface area contributed by atoms with Gasteiger partial charge in [0.05, 0.1) is 6.54 Å². The summed E-state index contributed by atoms with van der Waals surface area (Å²) < 4.78 is 25.4. The van der Waals surface area contributed by atoms with E-state index in [9.17, 15) is 13.6 Å². The Morgan fingerprint density at radius 1 is 1.33 bits per heavy atom. The van der Waals surface area contributed by atoms with Gasteiger partial charge in [-0.3, -0.25) is 4.79 Å². The van der Waals surface area contributed by atoms with Crippen molar-refractivity contribution < 1.29 is 13.6 Å². The van der Waals surface area contributed by atoms with Crippen molar-refractivity contribution in [3.63, 3.8) is 0 Å². The maximum atomic E-state index is 12.7. The molecule has 1 amide bonds. The summed E-state index contributed by atoms with van der Waals surface area (Å²) in [6.45, 7) is 3.41. The van der Waals surface area contributed by atoms with Crippen molar-refractivity contribution in [2.24, 2.45) is 0 Å². The fourth-order valence-corrected chi connectivity index (χ4v) is 1.03. The summed E-state index contributed by atoms with van der Waals surface area (Å²) in [6.07, 6.45) is 0. The number of hydrogen-bond donors (Lipinski definition) is 1. The zero-order valence-electron chi connectivity index (χ0n) is 7.69. The molecule has 0 aromatic heterocycles. The zero-order chi connectivity index (χ0) is 11.4. The minimum absolute atomic E-state index is 0.0541. The summed E-state index contributed by atoms with van der Waals surface area (Å²) >= 11 is 5.41. The third-order valence-corrected chi connectivity index (χ3v) is 1.70. The monoisotopic (exact) mass is 231 g/mol. The molecular weight excluding hydrogens is 224 g/mol. The van der Waals surface area contributed by atoms with Crippen LogP contribution < -0.4 is 5.32 Å². The van der Waals surface area contributed by atoms with Crippen LogP contribution in [0.2, 0.25) is 0 Å². The highest BCUT2D eigenvalue weighted by molar-refractivity contribution is 6.29. The molecule has 1 N–H and O–H groups in total. The standard InChI is InChI=1S/C10H8ClF2NO/c1-6(11)5-14-10(15)7-2-8(12)4-9(13)3-7/h2-4H,1,5H2,(H,14,15). The Morgan fingerprint density at radius 3 is 2.33 bits per heavy atom. The SMILES string of the molecule is C=C(Cl)CNC(=O)c1cc(F)cc(F)c1. The Labute approximate surface area is 90.5 Å². The van der Waals surface area contributed by atoms with E-state index in [1.54, 1.807) is 0 Å². The van der Waals surface area contributed by atoms with Crippen LogP contribution in [0.1, 0.15) is 10.4 Å². The second-order valence-corrected chi connectivity index (χ2v) is 3.39. The Hall–Kier alpha value is -1.42. The zero-order valence-corrected chi connectivity index (χ0v) is 8.44. The van der Waals surface area contributed by atoms with Crippen molar-refractivity contribution in [2.75, 3.05) is 6.54 Å². The molecule has 0 radical (unpaired) electrons. The number of hydrogen-bond acceptors (Lipinski definition) is 1. The van der Waals surface area contributed by atoms with Gasteiger partial charge in [0.25, 0.3) is 5.91 Å². The molecule has 2 nitrogen and oxygen atoms in total. The Bertz CT molecular complexity index is 386. The summed E-state index contributed by atoms with van der Waals surface area (Å²) in [5, 5.41) is 2.59. The summed E-state index contributed by atoms with van der Waals surface area (Å²) in [6, 6.07) is 2.57. The number of benzene rings is 1. The lowest BCUT2D eigenvalue weighted by molar-refractivity contribution is 0.0956. The predicted molar refractivity (Wildman–Crippen MR) is 53.7 cm³/mol. The summed E-state index contributed by atoms with van der Waals surface area (Å²) in [5.74, 6) is -2.20. The molecular formula is C10H8ClF2NO. The summed E-state index contributed by atoms with van der Waals surface area (Å²) in [4.78, 5) is 11.3. The van der Waals surface area contributed by atoms with Crippen LogP contribution in [-0.4, -0.2) is 12.5 Å². The number of carbonyl (C=O) groups is 1. The molecule has 0 spiro atoms. The van der Waals surface area contributed by atoms with Gasteiger partial charge in [-0.1, -0.05) is 18.2 Å². The smallest absolute Gasteiger partial charge is 0.251 e. The molecule has 5 heteroatoms. The molecule has 0 fully saturated rings. The summed E-state index contributed by atoms with van der Waals surface area (Å²) in [7, 11) is 0. The van der Waals surface area contributed by atoms with Crippen LogP contribution >= 0.6 is 11.6 Å². The van der Waals surface area contributed by atoms with Crippen molar-refractivity contribution in [3.05, 3.63) is 47.0 Å². The molecule has 0 aliphatic carbocycles. The maximum absolute atomic E-state index is 12.7. The van der Waals surface area contributed by atoms with Gasteiger partial charge >= 0.3 is 0 Å². The van der Waals surface area contributed by atoms with Crippen molar-refractivity contribution >= 4 is 17.5 Å². The van der Waals surface area contributed by atoms with E-state index < -0.39 is 17.5 Å². The Balaban J connectivity index is 2.77. The van der Waals surface area contributed by atoms with Gasteiger partial charge in [-0.05, 0) is 12.1 Å². The molecule has 0 aliphatic rings. The largest absolute Gasteiger partial charge is 0.347 e. The van der Waals surface area contributed by atoms with Crippen molar-refractivity contribution in [1.82, 2.24) is 5.32 Å². The second kappa shape index (κ2) is 4.89. The normalized spacial score (nSPS) is 9.80. The number of amides is 1. The first-order valence-electron chi connectivity index (χ1n) is 4.06. The molecule has 15 heavy (non-hydrogen) atoms. The lowest BCUT2D eigenvalue weighted by atomic mass is 10.2. The van der Waals surface area contributed by atoms with E-state index in [1.807, 2.05) is 0 Å². The first-order chi connectivity index (χ1) is 6.99. The maximum Gasteiger partial charge on any atom is 0.251 e. The van der Waals surface area contributed by atoms with E-state index in [1.165, 1.54) is 0 Å². The van der Waals surface area contributed by atoms with Gasteiger partial charge < -0.3 is 5.32 Å². The number of rotatable bonds is 3. The first-order valence-corrected chi connectivity index (χ1v) is 4.44. The van der Waals surface area contributed by atoms with Crippen LogP contribution in [0.15, 0.2) is 29.8 Å². The van der Waals surface area contributed by atoms with Gasteiger partial charge in [0.15, 0.2) is 0 Å². The lowest BCUT2D eigenvalue weighted by Gasteiger charge is -2.03. The van der Waals surface area contributed by atoms with Gasteiger partial charge in [-0.15, -0.1) is 0 Å². The highest BCUT2D eigenvalue weighted by atomic mass is 35.5. The topological polar surface area (TPSA) is 29.1 Å². The van der Waals surface area contributed by atoms with E-state index in [4.69, 9.17) is 11.6 Å². The third-order valence-electron chi connectivity index (χ3n) is 1.57. The third kappa shape index (κ3) is 3.67. The highest BCUT2D eigenvalue weighted by Crippen LogP contribution is 2.07. The first kappa shape index (κ1) is 11.7. The summed E-state index contributed by atoms with van der Waals surface area (Å²) in [5.41, 5.74) is -0.0922. The average Bonchev–Trinajstić information content (AvgIpc) is 2.12. The predicted octanol–water partition coefficient (Wildman–Crippen LogP) is 2.45. The van der Waals surface area contributed by atoms with Crippen molar-refractivity contribution in [1.29, 1.82) is 0 Å². The average molecular weight is 232 g/mol. The molecule has 1 aromatic carbocycles. The van der Waals surface area contributed by atoms with E-state index in [0.717, 1.165) is 12.1 Å². The lowest BCUT2D eigenvalue weighted by Crippen LogP contribution is -2.24. The van der Waals surface area contributed by atoms with Crippen LogP contribution in [0, 0.1) is 11.6 Å². The molecule has 0 atom stereocenters. The minimum atomic E-state index is -0.801. The van der Waals surface area contributed by atoms with Crippen LogP contribution in [0.3, 0.4) is 0 Å². The molecule has 0 saturated carbocycles. The second-order valence-electron chi connectivity index (χ2n) is 2.86. The Kier molecular flexibility index (Phi) is 3.80. The van der Waals surface area contributed by atoms with Gasteiger partial charge in [-0.2, -0.15) is 0 Å². The van der Waals surface area contributed by atoms with Gasteiger partial charge in [0.2, 0.25) is 0 Å². The molecule has 0 bridgehead atoms. The van der Waals surface area contributed by atoms with Gasteiger partial charge in [0.1, 0.15) is 11.6 Å². The van der Waals surface area contributed by atoms with Crippen molar-refractivity contribution in [3.8, 4) is 0 Å². The van der Waals surface area contributed by atoms with Crippen LogP contribution in [0.25, 0.3) is 0 Å². The fraction of sp³-hybridized carbons (Fsp3) is 0.100.